The Morgan fingerprint density at radius 1 is 1.20 bits per heavy atom. The molecule has 2 aromatic rings. The lowest BCUT2D eigenvalue weighted by atomic mass is 10.1. The van der Waals surface area contributed by atoms with Crippen LogP contribution >= 0.6 is 0 Å². The predicted molar refractivity (Wildman–Crippen MR) is 93.9 cm³/mol. The number of carbonyl (C=O) groups is 1. The van der Waals surface area contributed by atoms with Crippen molar-refractivity contribution < 1.29 is 13.9 Å². The Bertz CT molecular complexity index is 708. The van der Waals surface area contributed by atoms with Crippen LogP contribution in [0.1, 0.15) is 29.8 Å². The van der Waals surface area contributed by atoms with Gasteiger partial charge >= 0.3 is 0 Å². The minimum atomic E-state index is -0.361. The summed E-state index contributed by atoms with van der Waals surface area (Å²) in [5.74, 6) is 0.278. The number of halogens is 1. The fourth-order valence-electron chi connectivity index (χ4n) is 2.96. The lowest BCUT2D eigenvalue weighted by Gasteiger charge is -2.35. The van der Waals surface area contributed by atoms with Crippen LogP contribution in [0.3, 0.4) is 0 Å². The molecule has 1 fully saturated rings. The Labute approximate surface area is 146 Å². The summed E-state index contributed by atoms with van der Waals surface area (Å²) in [6, 6.07) is 10.5. The number of hydrogen-bond donors (Lipinski definition) is 1. The van der Waals surface area contributed by atoms with Gasteiger partial charge in [-0.25, -0.2) is 9.37 Å². The summed E-state index contributed by atoms with van der Waals surface area (Å²) in [5, 5.41) is 3.12. The molecule has 0 aliphatic carbocycles. The molecule has 0 saturated carbocycles. The van der Waals surface area contributed by atoms with Crippen molar-refractivity contribution in [2.24, 2.45) is 0 Å². The van der Waals surface area contributed by atoms with Gasteiger partial charge in [0.25, 0.3) is 5.91 Å². The van der Waals surface area contributed by atoms with Crippen molar-refractivity contribution in [3.05, 3.63) is 59.5 Å². The van der Waals surface area contributed by atoms with Crippen molar-refractivity contribution in [2.75, 3.05) is 18.4 Å². The molecule has 1 N–H and O–H groups in total. The zero-order valence-corrected chi connectivity index (χ0v) is 14.4. The lowest BCUT2D eigenvalue weighted by molar-refractivity contribution is -0.0586. The van der Waals surface area contributed by atoms with Crippen molar-refractivity contribution in [3.63, 3.8) is 0 Å². The van der Waals surface area contributed by atoms with E-state index in [0.717, 1.165) is 5.56 Å². The van der Waals surface area contributed by atoms with E-state index >= 15 is 0 Å². The van der Waals surface area contributed by atoms with Crippen molar-refractivity contribution in [2.45, 2.75) is 32.6 Å². The average molecular weight is 343 g/mol. The summed E-state index contributed by atoms with van der Waals surface area (Å²) in [4.78, 5) is 18.4. The SMILES string of the molecule is C[C@H]1CN(C(=O)c2ccc(CNc3ccc(F)cn3)cc2)C[C@H](C)O1. The van der Waals surface area contributed by atoms with Crippen LogP contribution < -0.4 is 5.32 Å². The number of rotatable bonds is 4. The molecule has 1 aromatic carbocycles. The van der Waals surface area contributed by atoms with Gasteiger partial charge in [-0.15, -0.1) is 0 Å². The maximum absolute atomic E-state index is 12.8. The van der Waals surface area contributed by atoms with Gasteiger partial charge in [0.05, 0.1) is 18.4 Å². The number of aromatic nitrogens is 1. The van der Waals surface area contributed by atoms with Gasteiger partial charge in [-0.05, 0) is 43.7 Å². The highest BCUT2D eigenvalue weighted by Crippen LogP contribution is 2.15. The van der Waals surface area contributed by atoms with Crippen molar-refractivity contribution in [1.29, 1.82) is 0 Å². The van der Waals surface area contributed by atoms with E-state index in [1.54, 1.807) is 6.07 Å². The third kappa shape index (κ3) is 4.54. The van der Waals surface area contributed by atoms with Crippen LogP contribution in [0.25, 0.3) is 0 Å². The standard InChI is InChI=1S/C19H22FN3O2/c1-13-11-23(12-14(2)25-13)19(24)16-5-3-15(4-6-16)9-21-18-8-7-17(20)10-22-18/h3-8,10,13-14H,9,11-12H2,1-2H3,(H,21,22)/t13-,14-/m0/s1. The molecule has 0 unspecified atom stereocenters. The molecule has 0 bridgehead atoms. The van der Waals surface area contributed by atoms with Crippen LogP contribution in [0.4, 0.5) is 10.2 Å². The van der Waals surface area contributed by atoms with E-state index in [2.05, 4.69) is 10.3 Å². The number of pyridine rings is 1. The number of carbonyl (C=O) groups excluding carboxylic acids is 1. The van der Waals surface area contributed by atoms with E-state index in [1.807, 2.05) is 43.0 Å². The van der Waals surface area contributed by atoms with E-state index in [4.69, 9.17) is 4.74 Å². The Kier molecular flexibility index (Phi) is 5.28. The van der Waals surface area contributed by atoms with Gasteiger partial charge in [-0.1, -0.05) is 12.1 Å². The summed E-state index contributed by atoms with van der Waals surface area (Å²) in [6.07, 6.45) is 1.28. The average Bonchev–Trinajstić information content (AvgIpc) is 2.60. The normalized spacial score (nSPS) is 20.4. The van der Waals surface area contributed by atoms with E-state index < -0.39 is 0 Å². The summed E-state index contributed by atoms with van der Waals surface area (Å²) >= 11 is 0. The first-order valence-electron chi connectivity index (χ1n) is 8.40. The monoisotopic (exact) mass is 343 g/mol. The molecule has 132 valence electrons. The second-order valence-electron chi connectivity index (χ2n) is 6.38. The maximum Gasteiger partial charge on any atom is 0.254 e. The zero-order valence-electron chi connectivity index (χ0n) is 14.4. The van der Waals surface area contributed by atoms with Gasteiger partial charge in [0.1, 0.15) is 11.6 Å². The van der Waals surface area contributed by atoms with E-state index in [-0.39, 0.29) is 23.9 Å². The molecule has 2 atom stereocenters. The van der Waals surface area contributed by atoms with Crippen LogP contribution in [0, 0.1) is 5.82 Å². The molecular weight excluding hydrogens is 321 g/mol. The third-order valence-corrected chi connectivity index (χ3v) is 4.11. The highest BCUT2D eigenvalue weighted by Gasteiger charge is 2.26. The molecule has 1 saturated heterocycles. The molecule has 6 heteroatoms. The maximum atomic E-state index is 12.8. The number of hydrogen-bond acceptors (Lipinski definition) is 4. The second kappa shape index (κ2) is 7.61. The summed E-state index contributed by atoms with van der Waals surface area (Å²) < 4.78 is 18.5. The first-order valence-corrected chi connectivity index (χ1v) is 8.40. The molecule has 2 heterocycles. The van der Waals surface area contributed by atoms with E-state index in [0.29, 0.717) is 31.0 Å². The van der Waals surface area contributed by atoms with Gasteiger partial charge in [0, 0.05) is 25.2 Å². The largest absolute Gasteiger partial charge is 0.372 e. The van der Waals surface area contributed by atoms with Crippen molar-refractivity contribution in [1.82, 2.24) is 9.88 Å². The Balaban J connectivity index is 1.59. The third-order valence-electron chi connectivity index (χ3n) is 4.11. The topological polar surface area (TPSA) is 54.5 Å². The number of nitrogens with one attached hydrogen (secondary N) is 1. The smallest absolute Gasteiger partial charge is 0.254 e. The number of amides is 1. The quantitative estimate of drug-likeness (QED) is 0.927. The molecule has 1 amide bonds. The molecule has 5 nitrogen and oxygen atoms in total. The molecule has 25 heavy (non-hydrogen) atoms. The molecule has 0 radical (unpaired) electrons. The van der Waals surface area contributed by atoms with Crippen molar-refractivity contribution >= 4 is 11.7 Å². The van der Waals surface area contributed by atoms with Gasteiger partial charge in [0.15, 0.2) is 0 Å². The first-order chi connectivity index (χ1) is 12.0. The molecule has 1 aliphatic heterocycles. The zero-order chi connectivity index (χ0) is 17.8. The highest BCUT2D eigenvalue weighted by atomic mass is 19.1. The summed E-state index contributed by atoms with van der Waals surface area (Å²) in [5.41, 5.74) is 1.69. The number of benzene rings is 1. The first kappa shape index (κ1) is 17.4. The molecule has 3 rings (SSSR count). The molecule has 0 spiro atoms. The van der Waals surface area contributed by atoms with Gasteiger partial charge in [-0.3, -0.25) is 4.79 Å². The number of nitrogens with zero attached hydrogens (tertiary/aromatic N) is 2. The van der Waals surface area contributed by atoms with Gasteiger partial charge in [-0.2, -0.15) is 0 Å². The van der Waals surface area contributed by atoms with Gasteiger partial charge < -0.3 is 15.0 Å². The van der Waals surface area contributed by atoms with Crippen LogP contribution in [-0.2, 0) is 11.3 Å². The number of ether oxygens (including phenoxy) is 1. The summed E-state index contributed by atoms with van der Waals surface area (Å²) in [6.45, 7) is 5.74. The Morgan fingerprint density at radius 2 is 1.88 bits per heavy atom. The molecule has 1 aliphatic rings. The second-order valence-corrected chi connectivity index (χ2v) is 6.38. The summed E-state index contributed by atoms with van der Waals surface area (Å²) in [7, 11) is 0. The minimum absolute atomic E-state index is 0.0294. The minimum Gasteiger partial charge on any atom is -0.372 e. The Hall–Kier alpha value is -2.47. The number of morpholine rings is 1. The van der Waals surface area contributed by atoms with Crippen LogP contribution in [-0.4, -0.2) is 41.1 Å². The van der Waals surface area contributed by atoms with Crippen LogP contribution in [0.2, 0.25) is 0 Å². The lowest BCUT2D eigenvalue weighted by Crippen LogP contribution is -2.48. The fourth-order valence-corrected chi connectivity index (χ4v) is 2.96. The number of anilines is 1. The predicted octanol–water partition coefficient (Wildman–Crippen LogP) is 3.08. The molecular formula is C19H22FN3O2. The van der Waals surface area contributed by atoms with Crippen LogP contribution in [0.15, 0.2) is 42.6 Å². The fraction of sp³-hybridized carbons (Fsp3) is 0.368. The molecule has 1 aromatic heterocycles. The van der Waals surface area contributed by atoms with E-state index in [1.165, 1.54) is 12.3 Å². The highest BCUT2D eigenvalue weighted by molar-refractivity contribution is 5.94. The van der Waals surface area contributed by atoms with Crippen LogP contribution in [0.5, 0.6) is 0 Å². The van der Waals surface area contributed by atoms with Gasteiger partial charge in [0.2, 0.25) is 0 Å². The van der Waals surface area contributed by atoms with E-state index in [9.17, 15) is 9.18 Å². The Morgan fingerprint density at radius 3 is 2.48 bits per heavy atom. The van der Waals surface area contributed by atoms with Crippen molar-refractivity contribution in [3.8, 4) is 0 Å².